The summed E-state index contributed by atoms with van der Waals surface area (Å²) >= 11 is 3.93. The molecule has 22 heavy (non-hydrogen) atoms. The summed E-state index contributed by atoms with van der Waals surface area (Å²) < 4.78 is 2.76. The molecule has 0 aromatic heterocycles. The van der Waals surface area contributed by atoms with Crippen molar-refractivity contribution in [2.45, 2.75) is 53.6 Å². The van der Waals surface area contributed by atoms with Crippen LogP contribution in [-0.4, -0.2) is 44.0 Å². The molecule has 2 atom stereocenters. The SMILES string of the molecule is CC(C)(C)C(C=O)NC(=O)NC(CNCCNS)C(C)(C)C. The van der Waals surface area contributed by atoms with E-state index in [1.807, 2.05) is 20.8 Å². The summed E-state index contributed by atoms with van der Waals surface area (Å²) in [7, 11) is 0. The van der Waals surface area contributed by atoms with Crippen molar-refractivity contribution in [2.75, 3.05) is 19.6 Å². The lowest BCUT2D eigenvalue weighted by molar-refractivity contribution is -0.111. The van der Waals surface area contributed by atoms with Gasteiger partial charge in [-0.2, -0.15) is 0 Å². The molecule has 0 aliphatic rings. The number of rotatable bonds is 8. The molecule has 130 valence electrons. The summed E-state index contributed by atoms with van der Waals surface area (Å²) in [6.45, 7) is 14.1. The highest BCUT2D eigenvalue weighted by atomic mass is 32.1. The Hall–Kier alpha value is -0.790. The molecule has 0 aromatic carbocycles. The molecule has 0 spiro atoms. The maximum absolute atomic E-state index is 12.2. The van der Waals surface area contributed by atoms with E-state index in [0.29, 0.717) is 6.54 Å². The fourth-order valence-corrected chi connectivity index (χ4v) is 1.87. The van der Waals surface area contributed by atoms with Gasteiger partial charge in [0.2, 0.25) is 0 Å². The minimum atomic E-state index is -0.519. The molecular weight excluding hydrogens is 300 g/mol. The van der Waals surface area contributed by atoms with Gasteiger partial charge < -0.3 is 20.7 Å². The Kier molecular flexibility index (Phi) is 9.04. The van der Waals surface area contributed by atoms with Gasteiger partial charge in [-0.1, -0.05) is 54.4 Å². The van der Waals surface area contributed by atoms with Crippen molar-refractivity contribution in [3.8, 4) is 0 Å². The van der Waals surface area contributed by atoms with E-state index in [0.717, 1.165) is 19.4 Å². The van der Waals surface area contributed by atoms with Gasteiger partial charge in [0.1, 0.15) is 6.29 Å². The molecule has 0 radical (unpaired) electrons. The van der Waals surface area contributed by atoms with E-state index in [2.05, 4.69) is 54.3 Å². The minimum absolute atomic E-state index is 0.0558. The summed E-state index contributed by atoms with van der Waals surface area (Å²) in [6.07, 6.45) is 0.780. The van der Waals surface area contributed by atoms with Crippen molar-refractivity contribution in [1.82, 2.24) is 20.7 Å². The lowest BCUT2D eigenvalue weighted by Crippen LogP contribution is -2.56. The normalized spacial score (nSPS) is 15.0. The molecule has 0 saturated carbocycles. The first-order chi connectivity index (χ1) is 10.0. The van der Waals surface area contributed by atoms with Gasteiger partial charge in [0, 0.05) is 25.7 Å². The van der Waals surface area contributed by atoms with E-state index in [-0.39, 0.29) is 22.9 Å². The molecule has 0 bridgehead atoms. The topological polar surface area (TPSA) is 82.3 Å². The fraction of sp³-hybridized carbons (Fsp3) is 0.867. The maximum Gasteiger partial charge on any atom is 0.315 e. The van der Waals surface area contributed by atoms with E-state index in [1.165, 1.54) is 0 Å². The number of nitrogens with one attached hydrogen (secondary N) is 4. The van der Waals surface area contributed by atoms with Crippen molar-refractivity contribution in [2.24, 2.45) is 10.8 Å². The van der Waals surface area contributed by atoms with Gasteiger partial charge in [0.15, 0.2) is 0 Å². The van der Waals surface area contributed by atoms with Crippen LogP contribution in [0.15, 0.2) is 0 Å². The predicted octanol–water partition coefficient (Wildman–Crippen LogP) is 1.34. The Morgan fingerprint density at radius 2 is 1.64 bits per heavy atom. The third kappa shape index (κ3) is 8.60. The third-order valence-corrected chi connectivity index (χ3v) is 3.69. The molecule has 0 aromatic rings. The van der Waals surface area contributed by atoms with Crippen molar-refractivity contribution in [1.29, 1.82) is 0 Å². The minimum Gasteiger partial charge on any atom is -0.334 e. The van der Waals surface area contributed by atoms with Gasteiger partial charge in [-0.3, -0.25) is 4.72 Å². The Balaban J connectivity index is 4.59. The number of aldehydes is 1. The zero-order chi connectivity index (χ0) is 17.4. The van der Waals surface area contributed by atoms with Gasteiger partial charge in [0.25, 0.3) is 0 Å². The summed E-state index contributed by atoms with van der Waals surface area (Å²) in [5.74, 6) is 0. The molecule has 0 aliphatic carbocycles. The summed E-state index contributed by atoms with van der Waals surface area (Å²) in [4.78, 5) is 23.3. The average Bonchev–Trinajstić information content (AvgIpc) is 2.36. The second kappa shape index (κ2) is 9.37. The van der Waals surface area contributed by atoms with Crippen LogP contribution in [0.3, 0.4) is 0 Å². The average molecular weight is 333 g/mol. The van der Waals surface area contributed by atoms with Crippen molar-refractivity contribution in [3.63, 3.8) is 0 Å². The molecule has 0 heterocycles. The zero-order valence-corrected chi connectivity index (χ0v) is 15.5. The molecule has 2 unspecified atom stereocenters. The number of hydrogen-bond donors (Lipinski definition) is 5. The largest absolute Gasteiger partial charge is 0.334 e. The lowest BCUT2D eigenvalue weighted by Gasteiger charge is -2.33. The number of amides is 2. The van der Waals surface area contributed by atoms with Crippen molar-refractivity contribution >= 4 is 25.1 Å². The smallest absolute Gasteiger partial charge is 0.315 e. The third-order valence-electron chi connectivity index (χ3n) is 3.47. The molecule has 0 fully saturated rings. The van der Waals surface area contributed by atoms with Crippen LogP contribution < -0.4 is 20.7 Å². The molecule has 7 heteroatoms. The van der Waals surface area contributed by atoms with Gasteiger partial charge in [-0.05, 0) is 10.8 Å². The van der Waals surface area contributed by atoms with E-state index in [1.54, 1.807) is 0 Å². The van der Waals surface area contributed by atoms with E-state index >= 15 is 0 Å². The number of hydrogen-bond acceptors (Lipinski definition) is 5. The first-order valence-corrected chi connectivity index (χ1v) is 8.07. The van der Waals surface area contributed by atoms with E-state index < -0.39 is 6.04 Å². The highest BCUT2D eigenvalue weighted by molar-refractivity contribution is 7.78. The Morgan fingerprint density at radius 1 is 1.05 bits per heavy atom. The second-order valence-electron chi connectivity index (χ2n) is 7.63. The number of carbonyl (C=O) groups is 2. The van der Waals surface area contributed by atoms with Crippen LogP contribution in [0.2, 0.25) is 0 Å². The predicted molar refractivity (Wildman–Crippen MR) is 94.1 cm³/mol. The van der Waals surface area contributed by atoms with Crippen LogP contribution >= 0.6 is 12.8 Å². The van der Waals surface area contributed by atoms with E-state index in [9.17, 15) is 9.59 Å². The van der Waals surface area contributed by atoms with Crippen molar-refractivity contribution in [3.05, 3.63) is 0 Å². The van der Waals surface area contributed by atoms with Gasteiger partial charge in [0.05, 0.1) is 6.04 Å². The van der Waals surface area contributed by atoms with Crippen LogP contribution in [0.5, 0.6) is 0 Å². The van der Waals surface area contributed by atoms with E-state index in [4.69, 9.17) is 0 Å². The number of urea groups is 1. The second-order valence-corrected chi connectivity index (χ2v) is 7.94. The van der Waals surface area contributed by atoms with Crippen LogP contribution in [0, 0.1) is 10.8 Å². The van der Waals surface area contributed by atoms with Crippen molar-refractivity contribution < 1.29 is 9.59 Å². The molecule has 0 aliphatic heterocycles. The highest BCUT2D eigenvalue weighted by Gasteiger charge is 2.29. The molecule has 2 amide bonds. The number of thiol groups is 1. The molecule has 0 saturated heterocycles. The first-order valence-electron chi connectivity index (χ1n) is 7.62. The summed E-state index contributed by atoms with van der Waals surface area (Å²) in [5, 5.41) is 8.97. The number of carbonyl (C=O) groups excluding carboxylic acids is 2. The molecule has 4 N–H and O–H groups in total. The quantitative estimate of drug-likeness (QED) is 0.264. The fourth-order valence-electron chi connectivity index (χ4n) is 1.76. The molecular formula is C15H32N4O2S. The Morgan fingerprint density at radius 3 is 2.05 bits per heavy atom. The van der Waals surface area contributed by atoms with Crippen LogP contribution in [0.25, 0.3) is 0 Å². The van der Waals surface area contributed by atoms with Gasteiger partial charge >= 0.3 is 6.03 Å². The zero-order valence-electron chi connectivity index (χ0n) is 14.6. The highest BCUT2D eigenvalue weighted by Crippen LogP contribution is 2.20. The summed E-state index contributed by atoms with van der Waals surface area (Å²) in [5.41, 5.74) is -0.413. The molecule has 6 nitrogen and oxygen atoms in total. The maximum atomic E-state index is 12.2. The standard InChI is InChI=1S/C15H32N4O2S/c1-14(2,3)11(9-16-7-8-17-22)18-13(21)19-12(10-20)15(4,5)6/h10-12,16-17,22H,7-9H2,1-6H3,(H2,18,19,21). The monoisotopic (exact) mass is 332 g/mol. The Labute approximate surface area is 140 Å². The van der Waals surface area contributed by atoms with Gasteiger partial charge in [-0.25, -0.2) is 4.79 Å². The Bertz CT molecular complexity index is 350. The van der Waals surface area contributed by atoms with Crippen LogP contribution in [0.1, 0.15) is 41.5 Å². The first kappa shape index (κ1) is 21.2. The van der Waals surface area contributed by atoms with Crippen LogP contribution in [-0.2, 0) is 4.79 Å². The molecule has 0 rings (SSSR count). The lowest BCUT2D eigenvalue weighted by atomic mass is 9.86. The van der Waals surface area contributed by atoms with Crippen LogP contribution in [0.4, 0.5) is 4.79 Å². The summed E-state index contributed by atoms with van der Waals surface area (Å²) in [6, 6.07) is -0.893. The van der Waals surface area contributed by atoms with Gasteiger partial charge in [-0.15, -0.1) is 0 Å².